The van der Waals surface area contributed by atoms with E-state index in [0.29, 0.717) is 6.54 Å². The number of nitrogens with two attached hydrogens (primary N) is 1. The molecule has 3 N–H and O–H groups in total. The Morgan fingerprint density at radius 1 is 1.30 bits per heavy atom. The molecule has 0 bridgehead atoms. The Balaban J connectivity index is 2.09. The van der Waals surface area contributed by atoms with Gasteiger partial charge in [-0.2, -0.15) is 0 Å². The SMILES string of the molecule is COC1CCCCC1(O)C1(CN)CCc2ccccc21. The minimum Gasteiger partial charge on any atom is -0.386 e. The predicted octanol–water partition coefficient (Wildman–Crippen LogP) is 2.15. The highest BCUT2D eigenvalue weighted by atomic mass is 16.5. The zero-order chi connectivity index (χ0) is 14.2. The van der Waals surface area contributed by atoms with Crippen LogP contribution in [0.2, 0.25) is 0 Å². The van der Waals surface area contributed by atoms with Crippen LogP contribution in [-0.4, -0.2) is 30.5 Å². The number of hydrogen-bond acceptors (Lipinski definition) is 3. The topological polar surface area (TPSA) is 55.5 Å². The summed E-state index contributed by atoms with van der Waals surface area (Å²) in [6, 6.07) is 8.45. The summed E-state index contributed by atoms with van der Waals surface area (Å²) in [6.07, 6.45) is 5.73. The maximum Gasteiger partial charge on any atom is 0.102 e. The summed E-state index contributed by atoms with van der Waals surface area (Å²) in [5.41, 5.74) is 7.61. The zero-order valence-corrected chi connectivity index (χ0v) is 12.3. The molecule has 3 rings (SSSR count). The molecule has 1 fully saturated rings. The third-order valence-electron chi connectivity index (χ3n) is 5.62. The zero-order valence-electron chi connectivity index (χ0n) is 12.3. The molecule has 0 saturated heterocycles. The first-order chi connectivity index (χ1) is 9.68. The molecule has 3 unspecified atom stereocenters. The lowest BCUT2D eigenvalue weighted by molar-refractivity contribution is -0.159. The molecule has 1 aromatic rings. The number of fused-ring (bicyclic) bond motifs is 1. The van der Waals surface area contributed by atoms with E-state index in [1.807, 2.05) is 0 Å². The average Bonchev–Trinajstić information content (AvgIpc) is 2.88. The van der Waals surface area contributed by atoms with Gasteiger partial charge >= 0.3 is 0 Å². The number of methoxy groups -OCH3 is 1. The van der Waals surface area contributed by atoms with Gasteiger partial charge in [-0.1, -0.05) is 37.1 Å². The summed E-state index contributed by atoms with van der Waals surface area (Å²) in [6.45, 7) is 0.486. The minimum atomic E-state index is -0.832. The van der Waals surface area contributed by atoms with Gasteiger partial charge in [-0.15, -0.1) is 0 Å². The molecule has 20 heavy (non-hydrogen) atoms. The van der Waals surface area contributed by atoms with Crippen molar-refractivity contribution >= 4 is 0 Å². The van der Waals surface area contributed by atoms with Crippen molar-refractivity contribution in [3.8, 4) is 0 Å². The van der Waals surface area contributed by atoms with Crippen molar-refractivity contribution in [3.63, 3.8) is 0 Å². The molecular weight excluding hydrogens is 250 g/mol. The third-order valence-corrected chi connectivity index (χ3v) is 5.62. The van der Waals surface area contributed by atoms with Gasteiger partial charge < -0.3 is 15.6 Å². The highest BCUT2D eigenvalue weighted by Gasteiger charge is 2.58. The largest absolute Gasteiger partial charge is 0.386 e. The van der Waals surface area contributed by atoms with E-state index in [4.69, 9.17) is 10.5 Å². The minimum absolute atomic E-state index is 0.106. The highest BCUT2D eigenvalue weighted by Crippen LogP contribution is 2.51. The lowest BCUT2D eigenvalue weighted by atomic mass is 9.61. The summed E-state index contributed by atoms with van der Waals surface area (Å²) in [5, 5.41) is 11.5. The molecule has 0 amide bonds. The second-order valence-corrected chi connectivity index (χ2v) is 6.34. The van der Waals surface area contributed by atoms with Crippen molar-refractivity contribution in [3.05, 3.63) is 35.4 Å². The van der Waals surface area contributed by atoms with E-state index in [9.17, 15) is 5.11 Å². The molecule has 0 radical (unpaired) electrons. The molecule has 3 atom stereocenters. The summed E-state index contributed by atoms with van der Waals surface area (Å²) < 4.78 is 5.66. The molecule has 1 aromatic carbocycles. The average molecular weight is 275 g/mol. The van der Waals surface area contributed by atoms with Gasteiger partial charge in [0.15, 0.2) is 0 Å². The van der Waals surface area contributed by atoms with Crippen LogP contribution in [0.3, 0.4) is 0 Å². The Labute approximate surface area is 121 Å². The van der Waals surface area contributed by atoms with E-state index in [0.717, 1.165) is 38.5 Å². The number of ether oxygens (including phenoxy) is 1. The number of hydrogen-bond donors (Lipinski definition) is 2. The lowest BCUT2D eigenvalue weighted by Crippen LogP contribution is -2.63. The van der Waals surface area contributed by atoms with Crippen LogP contribution in [0.5, 0.6) is 0 Å². The first kappa shape index (κ1) is 14.1. The Bertz CT molecular complexity index is 490. The summed E-state index contributed by atoms with van der Waals surface area (Å²) in [5.74, 6) is 0. The molecule has 0 aliphatic heterocycles. The molecule has 0 heterocycles. The van der Waals surface area contributed by atoms with Gasteiger partial charge in [-0.3, -0.25) is 0 Å². The number of aryl methyl sites for hydroxylation is 1. The fraction of sp³-hybridized carbons (Fsp3) is 0.647. The van der Waals surface area contributed by atoms with E-state index >= 15 is 0 Å². The van der Waals surface area contributed by atoms with E-state index in [-0.39, 0.29) is 11.5 Å². The van der Waals surface area contributed by atoms with Crippen LogP contribution in [0.25, 0.3) is 0 Å². The van der Waals surface area contributed by atoms with Crippen molar-refractivity contribution < 1.29 is 9.84 Å². The van der Waals surface area contributed by atoms with Crippen LogP contribution >= 0.6 is 0 Å². The molecule has 0 spiro atoms. The van der Waals surface area contributed by atoms with E-state index < -0.39 is 5.60 Å². The first-order valence-corrected chi connectivity index (χ1v) is 7.71. The van der Waals surface area contributed by atoms with Gasteiger partial charge in [0.1, 0.15) is 5.60 Å². The fourth-order valence-corrected chi connectivity index (χ4v) is 4.51. The molecule has 3 nitrogen and oxygen atoms in total. The van der Waals surface area contributed by atoms with Gasteiger partial charge in [-0.05, 0) is 36.8 Å². The van der Waals surface area contributed by atoms with E-state index in [1.165, 1.54) is 11.1 Å². The maximum absolute atomic E-state index is 11.5. The highest BCUT2D eigenvalue weighted by molar-refractivity contribution is 5.43. The van der Waals surface area contributed by atoms with Gasteiger partial charge in [0.2, 0.25) is 0 Å². The molecule has 0 aromatic heterocycles. The smallest absolute Gasteiger partial charge is 0.102 e. The fourth-order valence-electron chi connectivity index (χ4n) is 4.51. The molecular formula is C17H25NO2. The van der Waals surface area contributed by atoms with Crippen LogP contribution < -0.4 is 5.73 Å². The summed E-state index contributed by atoms with van der Waals surface area (Å²) >= 11 is 0. The second-order valence-electron chi connectivity index (χ2n) is 6.34. The van der Waals surface area contributed by atoms with Crippen molar-refractivity contribution in [2.45, 2.75) is 55.6 Å². The quantitative estimate of drug-likeness (QED) is 0.888. The number of aliphatic hydroxyl groups is 1. The number of rotatable bonds is 3. The van der Waals surface area contributed by atoms with Crippen LogP contribution in [0.15, 0.2) is 24.3 Å². The van der Waals surface area contributed by atoms with E-state index in [1.54, 1.807) is 7.11 Å². The van der Waals surface area contributed by atoms with Crippen molar-refractivity contribution in [1.82, 2.24) is 0 Å². The summed E-state index contributed by atoms with van der Waals surface area (Å²) in [7, 11) is 1.71. The predicted molar refractivity (Wildman–Crippen MR) is 79.7 cm³/mol. The maximum atomic E-state index is 11.5. The Morgan fingerprint density at radius 2 is 2.10 bits per heavy atom. The standard InChI is InChI=1S/C17H25NO2/c1-20-15-8-4-5-10-17(15,19)16(12-18)11-9-13-6-2-3-7-14(13)16/h2-3,6-7,15,19H,4-5,8-12,18H2,1H3. The Morgan fingerprint density at radius 3 is 2.85 bits per heavy atom. The normalized spacial score (nSPS) is 36.9. The van der Waals surface area contributed by atoms with E-state index in [2.05, 4.69) is 24.3 Å². The molecule has 110 valence electrons. The van der Waals surface area contributed by atoms with Crippen molar-refractivity contribution in [1.29, 1.82) is 0 Å². The number of benzene rings is 1. The molecule has 3 heteroatoms. The van der Waals surface area contributed by atoms with Crippen molar-refractivity contribution in [2.24, 2.45) is 5.73 Å². The van der Waals surface area contributed by atoms with Crippen LogP contribution in [0.1, 0.15) is 43.2 Å². The molecule has 1 saturated carbocycles. The van der Waals surface area contributed by atoms with Gasteiger partial charge in [-0.25, -0.2) is 0 Å². The monoisotopic (exact) mass is 275 g/mol. The van der Waals surface area contributed by atoms with Gasteiger partial charge in [0.25, 0.3) is 0 Å². The van der Waals surface area contributed by atoms with Crippen LogP contribution in [-0.2, 0) is 16.6 Å². The molecule has 2 aliphatic carbocycles. The van der Waals surface area contributed by atoms with Gasteiger partial charge in [0.05, 0.1) is 6.10 Å². The Hall–Kier alpha value is -0.900. The van der Waals surface area contributed by atoms with Crippen molar-refractivity contribution in [2.75, 3.05) is 13.7 Å². The van der Waals surface area contributed by atoms with Gasteiger partial charge in [0, 0.05) is 19.1 Å². The third kappa shape index (κ3) is 1.77. The first-order valence-electron chi connectivity index (χ1n) is 7.71. The van der Waals surface area contributed by atoms with Crippen LogP contribution in [0, 0.1) is 0 Å². The second kappa shape index (κ2) is 5.14. The molecule has 2 aliphatic rings. The summed E-state index contributed by atoms with van der Waals surface area (Å²) in [4.78, 5) is 0. The lowest BCUT2D eigenvalue weighted by Gasteiger charge is -2.51. The Kier molecular flexibility index (Phi) is 3.61. The van der Waals surface area contributed by atoms with Crippen LogP contribution in [0.4, 0.5) is 0 Å².